The lowest BCUT2D eigenvalue weighted by molar-refractivity contribution is 0.534. The van der Waals surface area contributed by atoms with Crippen molar-refractivity contribution in [1.82, 2.24) is 19.5 Å². The van der Waals surface area contributed by atoms with Gasteiger partial charge < -0.3 is 5.32 Å². The summed E-state index contributed by atoms with van der Waals surface area (Å²) in [5, 5.41) is 3.12. The first-order chi connectivity index (χ1) is 7.65. The van der Waals surface area contributed by atoms with Crippen LogP contribution in [0.25, 0.3) is 11.2 Å². The molecule has 16 heavy (non-hydrogen) atoms. The lowest BCUT2D eigenvalue weighted by Crippen LogP contribution is -2.34. The number of H-pyrrole nitrogens is 2. The molecule has 0 amide bonds. The standard InChI is InChI=1S/C9H11N5O2/c1-4-2-3-14-7(15)5-6(12-8(14)10-4)13-9(16)11-5/h4H,2-3H2,1H3,(H,10,12)(H2,11,13,16). The van der Waals surface area contributed by atoms with E-state index in [0.717, 1.165) is 6.42 Å². The van der Waals surface area contributed by atoms with E-state index in [1.54, 1.807) is 4.57 Å². The van der Waals surface area contributed by atoms with Gasteiger partial charge in [0.15, 0.2) is 11.2 Å². The Morgan fingerprint density at radius 1 is 1.38 bits per heavy atom. The fourth-order valence-corrected chi connectivity index (χ4v) is 1.94. The molecule has 3 rings (SSSR count). The number of imidazole rings is 1. The van der Waals surface area contributed by atoms with Gasteiger partial charge in [-0.15, -0.1) is 0 Å². The first-order valence-electron chi connectivity index (χ1n) is 5.14. The third-order valence-corrected chi connectivity index (χ3v) is 2.80. The van der Waals surface area contributed by atoms with Crippen LogP contribution in [0.15, 0.2) is 9.59 Å². The van der Waals surface area contributed by atoms with Crippen LogP contribution in [-0.2, 0) is 6.54 Å². The number of hydrogen-bond acceptors (Lipinski definition) is 4. The summed E-state index contributed by atoms with van der Waals surface area (Å²) in [7, 11) is 0. The van der Waals surface area contributed by atoms with Gasteiger partial charge in [-0.2, -0.15) is 4.98 Å². The van der Waals surface area contributed by atoms with Crippen molar-refractivity contribution in [2.24, 2.45) is 0 Å². The van der Waals surface area contributed by atoms with Crippen molar-refractivity contribution in [3.63, 3.8) is 0 Å². The Bertz CT molecular complexity index is 665. The van der Waals surface area contributed by atoms with E-state index in [4.69, 9.17) is 0 Å². The minimum Gasteiger partial charge on any atom is -0.353 e. The zero-order chi connectivity index (χ0) is 11.3. The summed E-state index contributed by atoms with van der Waals surface area (Å²) in [5.41, 5.74) is -0.0682. The Labute approximate surface area is 89.5 Å². The van der Waals surface area contributed by atoms with Crippen molar-refractivity contribution >= 4 is 17.1 Å². The average Bonchev–Trinajstić information content (AvgIpc) is 2.59. The Morgan fingerprint density at radius 3 is 3.00 bits per heavy atom. The molecule has 3 N–H and O–H groups in total. The highest BCUT2D eigenvalue weighted by molar-refractivity contribution is 5.70. The van der Waals surface area contributed by atoms with Crippen molar-refractivity contribution in [2.45, 2.75) is 25.9 Å². The summed E-state index contributed by atoms with van der Waals surface area (Å²) in [4.78, 5) is 32.2. The predicted octanol–water partition coefficient (Wildman–Crippen LogP) is -0.383. The highest BCUT2D eigenvalue weighted by Gasteiger charge is 2.19. The number of rotatable bonds is 0. The maximum atomic E-state index is 12.0. The third-order valence-electron chi connectivity index (χ3n) is 2.80. The Hall–Kier alpha value is -2.05. The summed E-state index contributed by atoms with van der Waals surface area (Å²) >= 11 is 0. The SMILES string of the molecule is CC1CCn2c(nc3[nH]c(=O)[nH]c3c2=O)N1. The van der Waals surface area contributed by atoms with Gasteiger partial charge in [0, 0.05) is 12.6 Å². The molecule has 1 unspecified atom stereocenters. The largest absolute Gasteiger partial charge is 0.353 e. The number of aromatic nitrogens is 4. The Morgan fingerprint density at radius 2 is 2.19 bits per heavy atom. The molecule has 0 bridgehead atoms. The average molecular weight is 221 g/mol. The zero-order valence-electron chi connectivity index (χ0n) is 8.70. The van der Waals surface area contributed by atoms with Crippen LogP contribution in [0, 0.1) is 0 Å². The molecule has 7 heteroatoms. The fraction of sp³-hybridized carbons (Fsp3) is 0.444. The van der Waals surface area contributed by atoms with E-state index in [0.29, 0.717) is 18.1 Å². The lowest BCUT2D eigenvalue weighted by atomic mass is 10.2. The fourth-order valence-electron chi connectivity index (χ4n) is 1.94. The molecule has 1 atom stereocenters. The Kier molecular flexibility index (Phi) is 1.71. The molecule has 2 aromatic rings. The van der Waals surface area contributed by atoms with Gasteiger partial charge in [-0.25, -0.2) is 4.79 Å². The molecule has 0 radical (unpaired) electrons. The van der Waals surface area contributed by atoms with Crippen molar-refractivity contribution in [3.8, 4) is 0 Å². The van der Waals surface area contributed by atoms with E-state index in [1.165, 1.54) is 0 Å². The molecule has 2 aromatic heterocycles. The zero-order valence-corrected chi connectivity index (χ0v) is 8.70. The molecule has 0 spiro atoms. The van der Waals surface area contributed by atoms with Gasteiger partial charge in [0.1, 0.15) is 0 Å². The van der Waals surface area contributed by atoms with E-state index in [1.807, 2.05) is 6.92 Å². The summed E-state index contributed by atoms with van der Waals surface area (Å²) in [5.74, 6) is 0.520. The van der Waals surface area contributed by atoms with Gasteiger partial charge in [0.05, 0.1) is 0 Å². The quantitative estimate of drug-likeness (QED) is 0.565. The molecule has 7 nitrogen and oxygen atoms in total. The number of aromatic amines is 2. The minimum absolute atomic E-state index is 0.210. The topological polar surface area (TPSA) is 95.6 Å². The molecule has 0 fully saturated rings. The molecule has 1 aliphatic heterocycles. The van der Waals surface area contributed by atoms with E-state index in [9.17, 15) is 9.59 Å². The number of anilines is 1. The van der Waals surface area contributed by atoms with E-state index >= 15 is 0 Å². The summed E-state index contributed by atoms with van der Waals surface area (Å²) in [6.45, 7) is 2.65. The van der Waals surface area contributed by atoms with Crippen molar-refractivity contribution in [3.05, 3.63) is 20.8 Å². The molecule has 0 saturated carbocycles. The summed E-state index contributed by atoms with van der Waals surface area (Å²) in [6.07, 6.45) is 0.870. The normalized spacial score (nSPS) is 19.4. The minimum atomic E-state index is -0.407. The first kappa shape index (κ1) is 9.20. The van der Waals surface area contributed by atoms with Crippen LogP contribution < -0.4 is 16.6 Å². The van der Waals surface area contributed by atoms with Gasteiger partial charge in [-0.1, -0.05) is 0 Å². The summed E-state index contributed by atoms with van der Waals surface area (Å²) in [6, 6.07) is 0.287. The van der Waals surface area contributed by atoms with Crippen LogP contribution in [0.2, 0.25) is 0 Å². The molecular weight excluding hydrogens is 210 g/mol. The van der Waals surface area contributed by atoms with Crippen LogP contribution in [0.1, 0.15) is 13.3 Å². The molecule has 3 heterocycles. The molecule has 84 valence electrons. The maximum Gasteiger partial charge on any atom is 0.325 e. The number of nitrogens with one attached hydrogen (secondary N) is 3. The third kappa shape index (κ3) is 1.17. The van der Waals surface area contributed by atoms with Crippen LogP contribution in [-0.4, -0.2) is 25.6 Å². The molecule has 0 saturated heterocycles. The van der Waals surface area contributed by atoms with E-state index in [2.05, 4.69) is 20.3 Å². The highest BCUT2D eigenvalue weighted by atomic mass is 16.1. The molecular formula is C9H11N5O2. The second-order valence-electron chi connectivity index (χ2n) is 4.03. The van der Waals surface area contributed by atoms with Crippen LogP contribution in [0.5, 0.6) is 0 Å². The van der Waals surface area contributed by atoms with Gasteiger partial charge in [-0.3, -0.25) is 19.3 Å². The second kappa shape index (κ2) is 2.97. The van der Waals surface area contributed by atoms with Gasteiger partial charge >= 0.3 is 5.69 Å². The van der Waals surface area contributed by atoms with Gasteiger partial charge in [-0.05, 0) is 13.3 Å². The Balaban J connectivity index is 2.36. The van der Waals surface area contributed by atoms with E-state index in [-0.39, 0.29) is 17.1 Å². The van der Waals surface area contributed by atoms with Gasteiger partial charge in [0.2, 0.25) is 5.95 Å². The molecule has 1 aliphatic rings. The smallest absolute Gasteiger partial charge is 0.325 e. The van der Waals surface area contributed by atoms with E-state index < -0.39 is 5.69 Å². The second-order valence-corrected chi connectivity index (χ2v) is 4.03. The number of hydrogen-bond donors (Lipinski definition) is 3. The summed E-state index contributed by atoms with van der Waals surface area (Å²) < 4.78 is 1.55. The van der Waals surface area contributed by atoms with Crippen LogP contribution in [0.3, 0.4) is 0 Å². The highest BCUT2D eigenvalue weighted by Crippen LogP contribution is 2.14. The van der Waals surface area contributed by atoms with Crippen LogP contribution in [0.4, 0.5) is 5.95 Å². The lowest BCUT2D eigenvalue weighted by Gasteiger charge is -2.23. The molecule has 0 aromatic carbocycles. The van der Waals surface area contributed by atoms with Crippen molar-refractivity contribution in [2.75, 3.05) is 5.32 Å². The first-order valence-corrected chi connectivity index (χ1v) is 5.14. The van der Waals surface area contributed by atoms with Crippen LogP contribution >= 0.6 is 0 Å². The van der Waals surface area contributed by atoms with Gasteiger partial charge in [0.25, 0.3) is 5.56 Å². The maximum absolute atomic E-state index is 12.0. The van der Waals surface area contributed by atoms with Crippen molar-refractivity contribution < 1.29 is 0 Å². The monoisotopic (exact) mass is 221 g/mol. The number of fused-ring (bicyclic) bond motifs is 2. The molecule has 0 aliphatic carbocycles. The predicted molar refractivity (Wildman–Crippen MR) is 58.7 cm³/mol. The van der Waals surface area contributed by atoms with Crippen molar-refractivity contribution in [1.29, 1.82) is 0 Å². The number of nitrogens with zero attached hydrogens (tertiary/aromatic N) is 2.